The predicted molar refractivity (Wildman–Crippen MR) is 185 cm³/mol. The largest absolute Gasteiger partial charge is 0.508 e. The van der Waals surface area contributed by atoms with Crippen LogP contribution < -0.4 is 11.1 Å². The van der Waals surface area contributed by atoms with Crippen LogP contribution in [0.25, 0.3) is 0 Å². The lowest BCUT2D eigenvalue weighted by atomic mass is 9.60. The van der Waals surface area contributed by atoms with Crippen LogP contribution in [-0.4, -0.2) is 42.6 Å². The molecule has 46 heavy (non-hydrogen) atoms. The van der Waals surface area contributed by atoms with E-state index in [4.69, 9.17) is 19.9 Å². The molecule has 4 rings (SSSR count). The molecule has 4 aliphatic carbocycles. The number of nitrogens with two attached hydrogens (primary N) is 1. The molecule has 0 spiro atoms. The molecule has 0 aliphatic heterocycles. The lowest BCUT2D eigenvalue weighted by Crippen LogP contribution is -2.42. The van der Waals surface area contributed by atoms with Crippen molar-refractivity contribution >= 4 is 12.2 Å². The molecule has 3 N–H and O–H groups in total. The van der Waals surface area contributed by atoms with Gasteiger partial charge in [-0.1, -0.05) is 54.4 Å². The smallest absolute Gasteiger partial charge is 0.446 e. The molecular weight excluding hydrogens is 576 g/mol. The molecule has 0 aromatic carbocycles. The van der Waals surface area contributed by atoms with E-state index in [0.717, 1.165) is 108 Å². The zero-order valence-electron chi connectivity index (χ0n) is 30.6. The van der Waals surface area contributed by atoms with Gasteiger partial charge in [-0.15, -0.1) is 0 Å². The molecule has 4 aliphatic rings. The summed E-state index contributed by atoms with van der Waals surface area (Å²) in [7, 11) is 0. The van der Waals surface area contributed by atoms with E-state index >= 15 is 0 Å². The molecule has 1 amide bonds. The van der Waals surface area contributed by atoms with Gasteiger partial charge in [-0.05, 0) is 150 Å². The Morgan fingerprint density at radius 3 is 1.35 bits per heavy atom. The molecule has 4 fully saturated rings. The van der Waals surface area contributed by atoms with Crippen molar-refractivity contribution in [1.82, 2.24) is 5.32 Å². The Morgan fingerprint density at radius 1 is 0.652 bits per heavy atom. The zero-order chi connectivity index (χ0) is 33.5. The summed E-state index contributed by atoms with van der Waals surface area (Å²) in [6, 6.07) is 0.122. The Balaban J connectivity index is 1.12. The molecule has 2 unspecified atom stereocenters. The van der Waals surface area contributed by atoms with Gasteiger partial charge in [0.1, 0.15) is 18.3 Å². The number of amides is 1. The SMILES string of the molecule is CCC(CC(C)N)NC(=O)OC1CCC(C(C)(C)C2CCC(OC(=O)OC3CCC(C(C)(C)C4CCC(C)CC4)CC3)CC2)CC1. The highest BCUT2D eigenvalue weighted by Gasteiger charge is 2.43. The second kappa shape index (κ2) is 16.7. The number of carbonyl (C=O) groups excluding carboxylic acids is 2. The minimum absolute atomic E-state index is 0.00245. The first kappa shape index (κ1) is 37.3. The molecule has 0 bridgehead atoms. The molecule has 266 valence electrons. The Morgan fingerprint density at radius 2 is 1.00 bits per heavy atom. The van der Waals surface area contributed by atoms with E-state index in [0.29, 0.717) is 17.3 Å². The van der Waals surface area contributed by atoms with Gasteiger partial charge in [-0.25, -0.2) is 9.59 Å². The van der Waals surface area contributed by atoms with Crippen LogP contribution in [0.4, 0.5) is 9.59 Å². The van der Waals surface area contributed by atoms with Crippen molar-refractivity contribution in [2.45, 2.75) is 194 Å². The lowest BCUT2D eigenvalue weighted by Gasteiger charge is -2.46. The molecule has 0 radical (unpaired) electrons. The lowest BCUT2D eigenvalue weighted by molar-refractivity contribution is -0.0465. The Labute approximate surface area is 281 Å². The quantitative estimate of drug-likeness (QED) is 0.217. The molecule has 0 aromatic heterocycles. The monoisotopic (exact) mass is 647 g/mol. The third-order valence-electron chi connectivity index (χ3n) is 13.5. The number of ether oxygens (including phenoxy) is 3. The first-order chi connectivity index (χ1) is 21.8. The Bertz CT molecular complexity index is 934. The normalized spacial score (nSPS) is 34.2. The molecule has 0 heterocycles. The van der Waals surface area contributed by atoms with E-state index in [2.05, 4.69) is 46.9 Å². The third kappa shape index (κ3) is 10.3. The van der Waals surface area contributed by atoms with Crippen molar-refractivity contribution in [3.63, 3.8) is 0 Å². The summed E-state index contributed by atoms with van der Waals surface area (Å²) in [4.78, 5) is 25.3. The number of carbonyl (C=O) groups is 2. The summed E-state index contributed by atoms with van der Waals surface area (Å²) in [5, 5.41) is 3.01. The predicted octanol–water partition coefficient (Wildman–Crippen LogP) is 9.94. The van der Waals surface area contributed by atoms with Gasteiger partial charge in [0.15, 0.2) is 0 Å². The fourth-order valence-electron chi connectivity index (χ4n) is 9.87. The van der Waals surface area contributed by atoms with Crippen LogP contribution in [0.5, 0.6) is 0 Å². The molecule has 7 nitrogen and oxygen atoms in total. The van der Waals surface area contributed by atoms with E-state index in [1.165, 1.54) is 25.7 Å². The van der Waals surface area contributed by atoms with Crippen LogP contribution in [0.15, 0.2) is 0 Å². The first-order valence-electron chi connectivity index (χ1n) is 19.4. The van der Waals surface area contributed by atoms with Crippen LogP contribution in [-0.2, 0) is 14.2 Å². The van der Waals surface area contributed by atoms with Gasteiger partial charge in [0.25, 0.3) is 0 Å². The van der Waals surface area contributed by atoms with Gasteiger partial charge in [-0.3, -0.25) is 0 Å². The van der Waals surface area contributed by atoms with Crippen molar-refractivity contribution in [1.29, 1.82) is 0 Å². The second-order valence-corrected chi connectivity index (χ2v) is 17.4. The maximum atomic E-state index is 12.8. The highest BCUT2D eigenvalue weighted by molar-refractivity contribution is 5.67. The average Bonchev–Trinajstić information content (AvgIpc) is 3.01. The summed E-state index contributed by atoms with van der Waals surface area (Å²) in [5.74, 6) is 3.69. The number of hydrogen-bond acceptors (Lipinski definition) is 6. The topological polar surface area (TPSA) is 99.9 Å². The van der Waals surface area contributed by atoms with Crippen molar-refractivity contribution in [2.24, 2.45) is 46.2 Å². The maximum absolute atomic E-state index is 12.8. The van der Waals surface area contributed by atoms with Gasteiger partial charge >= 0.3 is 12.2 Å². The highest BCUT2D eigenvalue weighted by atomic mass is 16.7. The molecule has 4 saturated carbocycles. The minimum Gasteiger partial charge on any atom is -0.446 e. The van der Waals surface area contributed by atoms with E-state index in [-0.39, 0.29) is 41.9 Å². The maximum Gasteiger partial charge on any atom is 0.508 e. The fraction of sp³-hybridized carbons (Fsp3) is 0.949. The number of alkyl carbamates (subject to hydrolysis) is 1. The Hall–Kier alpha value is -1.50. The van der Waals surface area contributed by atoms with E-state index in [9.17, 15) is 9.59 Å². The summed E-state index contributed by atoms with van der Waals surface area (Å²) < 4.78 is 17.6. The van der Waals surface area contributed by atoms with Crippen molar-refractivity contribution in [2.75, 3.05) is 0 Å². The molecule has 0 aromatic rings. The number of hydrogen-bond donors (Lipinski definition) is 2. The summed E-state index contributed by atoms with van der Waals surface area (Å²) in [6.45, 7) is 16.3. The number of nitrogens with one attached hydrogen (secondary N) is 1. The van der Waals surface area contributed by atoms with Crippen LogP contribution in [0.2, 0.25) is 0 Å². The average molecular weight is 647 g/mol. The van der Waals surface area contributed by atoms with E-state index < -0.39 is 6.16 Å². The van der Waals surface area contributed by atoms with E-state index in [1.807, 2.05) is 6.92 Å². The highest BCUT2D eigenvalue weighted by Crippen LogP contribution is 2.50. The van der Waals surface area contributed by atoms with Crippen molar-refractivity contribution in [3.05, 3.63) is 0 Å². The van der Waals surface area contributed by atoms with Gasteiger partial charge in [0, 0.05) is 12.1 Å². The number of rotatable bonds is 11. The van der Waals surface area contributed by atoms with E-state index in [1.54, 1.807) is 0 Å². The summed E-state index contributed by atoms with van der Waals surface area (Å²) >= 11 is 0. The minimum atomic E-state index is -0.447. The first-order valence-corrected chi connectivity index (χ1v) is 19.4. The van der Waals surface area contributed by atoms with Gasteiger partial charge in [0.2, 0.25) is 0 Å². The summed E-state index contributed by atoms with van der Waals surface area (Å²) in [5.41, 5.74) is 6.52. The van der Waals surface area contributed by atoms with Crippen LogP contribution in [0, 0.1) is 40.4 Å². The van der Waals surface area contributed by atoms with Gasteiger partial charge in [0.05, 0.1) is 0 Å². The van der Waals surface area contributed by atoms with Crippen molar-refractivity contribution < 1.29 is 23.8 Å². The van der Waals surface area contributed by atoms with Crippen LogP contribution in [0.1, 0.15) is 164 Å². The molecular formula is C39H70N2O5. The van der Waals surface area contributed by atoms with Gasteiger partial charge < -0.3 is 25.3 Å². The summed E-state index contributed by atoms with van der Waals surface area (Å²) in [6.07, 6.45) is 18.7. The third-order valence-corrected chi connectivity index (χ3v) is 13.5. The van der Waals surface area contributed by atoms with Crippen LogP contribution >= 0.6 is 0 Å². The van der Waals surface area contributed by atoms with Crippen molar-refractivity contribution in [3.8, 4) is 0 Å². The van der Waals surface area contributed by atoms with Crippen LogP contribution in [0.3, 0.4) is 0 Å². The Kier molecular flexibility index (Phi) is 13.6. The molecule has 7 heteroatoms. The zero-order valence-corrected chi connectivity index (χ0v) is 30.6. The standard InChI is InChI=1S/C39H70N2O5/c1-8-32(25-27(3)40)41-36(42)44-33-19-13-29(14-20-33)39(6,7)31-17-23-35(24-18-31)46-37(43)45-34-21-15-30(16-22-34)38(4,5)28-11-9-26(2)10-12-28/h26-35H,8-25,40H2,1-7H3,(H,41,42). The fourth-order valence-corrected chi connectivity index (χ4v) is 9.87. The molecule has 2 atom stereocenters. The molecule has 0 saturated heterocycles. The second-order valence-electron chi connectivity index (χ2n) is 17.4. The van der Waals surface area contributed by atoms with Gasteiger partial charge in [-0.2, -0.15) is 0 Å².